The van der Waals surface area contributed by atoms with E-state index < -0.39 is 5.97 Å². The second kappa shape index (κ2) is 4.13. The van der Waals surface area contributed by atoms with E-state index in [-0.39, 0.29) is 11.3 Å². The van der Waals surface area contributed by atoms with Gasteiger partial charge < -0.3 is 15.2 Å². The molecule has 0 amide bonds. The number of nitrogens with one attached hydrogen (secondary N) is 1. The van der Waals surface area contributed by atoms with Crippen LogP contribution in [0.5, 0.6) is 5.75 Å². The minimum absolute atomic E-state index is 0.0416. The van der Waals surface area contributed by atoms with Gasteiger partial charge >= 0.3 is 5.97 Å². The van der Waals surface area contributed by atoms with Crippen molar-refractivity contribution < 1.29 is 15.0 Å². The maximum Gasteiger partial charge on any atom is 0.335 e. The molecule has 3 aromatic rings. The average molecular weight is 254 g/mol. The molecule has 0 fully saturated rings. The summed E-state index contributed by atoms with van der Waals surface area (Å²) in [6.07, 6.45) is 1.59. The van der Waals surface area contributed by atoms with Crippen LogP contribution in [0.3, 0.4) is 0 Å². The number of phenolic OH excluding ortho intramolecular Hbond substituents is 1. The Bertz CT molecular complexity index is 777. The zero-order valence-electron chi connectivity index (χ0n) is 9.79. The molecule has 0 saturated carbocycles. The van der Waals surface area contributed by atoms with Crippen molar-refractivity contribution in [1.29, 1.82) is 0 Å². The van der Waals surface area contributed by atoms with Crippen molar-refractivity contribution in [2.24, 2.45) is 0 Å². The molecular weight excluding hydrogens is 244 g/mol. The highest BCUT2D eigenvalue weighted by Crippen LogP contribution is 2.31. The lowest BCUT2D eigenvalue weighted by molar-refractivity contribution is 0.0697. The Labute approximate surface area is 108 Å². The lowest BCUT2D eigenvalue weighted by Crippen LogP contribution is -1.96. The van der Waals surface area contributed by atoms with Crippen molar-refractivity contribution in [3.05, 3.63) is 48.3 Å². The number of benzene rings is 2. The summed E-state index contributed by atoms with van der Waals surface area (Å²) in [4.78, 5) is 18.1. The van der Waals surface area contributed by atoms with Crippen LogP contribution >= 0.6 is 0 Å². The molecule has 2 aromatic carbocycles. The van der Waals surface area contributed by atoms with Crippen LogP contribution < -0.4 is 0 Å². The smallest absolute Gasteiger partial charge is 0.335 e. The van der Waals surface area contributed by atoms with Crippen LogP contribution in [0.4, 0.5) is 0 Å². The van der Waals surface area contributed by atoms with Crippen LogP contribution in [0.15, 0.2) is 42.7 Å². The van der Waals surface area contributed by atoms with Gasteiger partial charge in [-0.1, -0.05) is 6.07 Å². The molecule has 1 heterocycles. The van der Waals surface area contributed by atoms with Gasteiger partial charge in [-0.2, -0.15) is 0 Å². The zero-order valence-corrected chi connectivity index (χ0v) is 9.79. The number of fused-ring (bicyclic) bond motifs is 1. The van der Waals surface area contributed by atoms with Crippen molar-refractivity contribution in [3.63, 3.8) is 0 Å². The monoisotopic (exact) mass is 254 g/mol. The Balaban J connectivity index is 2.19. The van der Waals surface area contributed by atoms with E-state index >= 15 is 0 Å². The van der Waals surface area contributed by atoms with Gasteiger partial charge in [0.1, 0.15) is 5.75 Å². The third-order valence-electron chi connectivity index (χ3n) is 2.98. The third-order valence-corrected chi connectivity index (χ3v) is 2.98. The normalized spacial score (nSPS) is 10.7. The third kappa shape index (κ3) is 1.91. The summed E-state index contributed by atoms with van der Waals surface area (Å²) >= 11 is 0. The maximum absolute atomic E-state index is 11.0. The number of hydrogen-bond donors (Lipinski definition) is 3. The van der Waals surface area contributed by atoms with E-state index in [2.05, 4.69) is 9.97 Å². The highest BCUT2D eigenvalue weighted by atomic mass is 16.4. The molecule has 0 aliphatic carbocycles. The fraction of sp³-hybridized carbons (Fsp3) is 0. The first-order chi connectivity index (χ1) is 9.15. The van der Waals surface area contributed by atoms with Crippen LogP contribution in [0, 0.1) is 0 Å². The maximum atomic E-state index is 11.0. The number of hydrogen-bond acceptors (Lipinski definition) is 3. The number of aromatic hydroxyl groups is 1. The molecule has 0 saturated heterocycles. The summed E-state index contributed by atoms with van der Waals surface area (Å²) in [6, 6.07) is 9.64. The van der Waals surface area contributed by atoms with Crippen molar-refractivity contribution >= 4 is 17.0 Å². The molecule has 0 spiro atoms. The molecule has 5 nitrogen and oxygen atoms in total. The van der Waals surface area contributed by atoms with Gasteiger partial charge in [0.25, 0.3) is 0 Å². The molecule has 0 aliphatic heterocycles. The largest absolute Gasteiger partial charge is 0.507 e. The molecule has 3 rings (SSSR count). The Morgan fingerprint density at radius 1 is 1.16 bits per heavy atom. The average Bonchev–Trinajstić information content (AvgIpc) is 2.86. The summed E-state index contributed by atoms with van der Waals surface area (Å²) in [6.45, 7) is 0. The molecule has 0 unspecified atom stereocenters. The number of rotatable bonds is 2. The lowest BCUT2D eigenvalue weighted by Gasteiger charge is -2.06. The molecule has 5 heteroatoms. The van der Waals surface area contributed by atoms with E-state index in [0.29, 0.717) is 5.56 Å². The van der Waals surface area contributed by atoms with Crippen molar-refractivity contribution in [3.8, 4) is 16.9 Å². The molecule has 3 N–H and O–H groups in total. The summed E-state index contributed by atoms with van der Waals surface area (Å²) in [5.41, 5.74) is 2.98. The molecule has 0 aliphatic rings. The molecule has 0 atom stereocenters. The minimum atomic E-state index is -1.03. The Morgan fingerprint density at radius 3 is 2.79 bits per heavy atom. The number of aromatic amines is 1. The van der Waals surface area contributed by atoms with Gasteiger partial charge in [0, 0.05) is 5.56 Å². The van der Waals surface area contributed by atoms with E-state index in [1.165, 1.54) is 18.2 Å². The van der Waals surface area contributed by atoms with Crippen molar-refractivity contribution in [2.45, 2.75) is 0 Å². The highest BCUT2D eigenvalue weighted by Gasteiger charge is 2.10. The van der Waals surface area contributed by atoms with Gasteiger partial charge in [0.2, 0.25) is 0 Å². The molecule has 19 heavy (non-hydrogen) atoms. The Hall–Kier alpha value is -2.82. The second-order valence-corrected chi connectivity index (χ2v) is 4.17. The van der Waals surface area contributed by atoms with E-state index in [1.54, 1.807) is 18.5 Å². The number of carbonyl (C=O) groups is 1. The Morgan fingerprint density at radius 2 is 2.00 bits per heavy atom. The highest BCUT2D eigenvalue weighted by molar-refractivity contribution is 5.91. The molecule has 94 valence electrons. The van der Waals surface area contributed by atoms with Crippen LogP contribution in [-0.4, -0.2) is 26.2 Å². The quantitative estimate of drug-likeness (QED) is 0.656. The fourth-order valence-electron chi connectivity index (χ4n) is 2.00. The van der Waals surface area contributed by atoms with Crippen LogP contribution in [-0.2, 0) is 0 Å². The predicted octanol–water partition coefficient (Wildman–Crippen LogP) is 2.63. The molecule has 0 radical (unpaired) electrons. The van der Waals surface area contributed by atoms with Gasteiger partial charge in [-0.05, 0) is 35.9 Å². The van der Waals surface area contributed by atoms with Crippen LogP contribution in [0.2, 0.25) is 0 Å². The van der Waals surface area contributed by atoms with Crippen LogP contribution in [0.1, 0.15) is 10.4 Å². The first-order valence-corrected chi connectivity index (χ1v) is 5.65. The van der Waals surface area contributed by atoms with E-state index in [4.69, 9.17) is 5.11 Å². The van der Waals surface area contributed by atoms with Gasteiger partial charge in [-0.15, -0.1) is 0 Å². The van der Waals surface area contributed by atoms with E-state index in [0.717, 1.165) is 16.6 Å². The molecule has 1 aromatic heterocycles. The number of aromatic carboxylic acids is 1. The van der Waals surface area contributed by atoms with Gasteiger partial charge in [0.05, 0.1) is 22.9 Å². The summed E-state index contributed by atoms with van der Waals surface area (Å²) < 4.78 is 0. The zero-order chi connectivity index (χ0) is 13.4. The van der Waals surface area contributed by atoms with Gasteiger partial charge in [-0.3, -0.25) is 0 Å². The minimum Gasteiger partial charge on any atom is -0.507 e. The summed E-state index contributed by atoms with van der Waals surface area (Å²) in [7, 11) is 0. The first kappa shape index (κ1) is 11.3. The van der Waals surface area contributed by atoms with Crippen LogP contribution in [0.25, 0.3) is 22.2 Å². The van der Waals surface area contributed by atoms with Gasteiger partial charge in [-0.25, -0.2) is 9.78 Å². The number of nitrogens with zero attached hydrogens (tertiary/aromatic N) is 1. The number of phenols is 1. The van der Waals surface area contributed by atoms with E-state index in [1.807, 2.05) is 6.07 Å². The number of carboxylic acid groups (broad SMARTS) is 1. The number of aromatic nitrogens is 2. The van der Waals surface area contributed by atoms with Crippen molar-refractivity contribution in [2.75, 3.05) is 0 Å². The SMILES string of the molecule is O=C(O)c1ccc(O)c(-c2ccc3[nH]cnc3c2)c1. The lowest BCUT2D eigenvalue weighted by atomic mass is 10.0. The van der Waals surface area contributed by atoms with E-state index in [9.17, 15) is 9.90 Å². The second-order valence-electron chi connectivity index (χ2n) is 4.17. The number of imidazole rings is 1. The standard InChI is InChI=1S/C14H10N2O3/c17-13-4-2-9(14(18)19)5-10(13)8-1-3-11-12(6-8)16-7-15-11/h1-7,17H,(H,15,16)(H,18,19). The molecule has 0 bridgehead atoms. The van der Waals surface area contributed by atoms with Gasteiger partial charge in [0.15, 0.2) is 0 Å². The fourth-order valence-corrected chi connectivity index (χ4v) is 2.00. The number of H-pyrrole nitrogens is 1. The predicted molar refractivity (Wildman–Crippen MR) is 70.2 cm³/mol. The Kier molecular flexibility index (Phi) is 2.45. The van der Waals surface area contributed by atoms with Crippen molar-refractivity contribution in [1.82, 2.24) is 9.97 Å². The summed E-state index contributed by atoms with van der Waals surface area (Å²) in [5, 5.41) is 18.9. The first-order valence-electron chi connectivity index (χ1n) is 5.65. The topological polar surface area (TPSA) is 86.2 Å². The summed E-state index contributed by atoms with van der Waals surface area (Å²) in [5.74, 6) is -0.984. The number of carboxylic acids is 1. The molecular formula is C14H10N2O3.